The molecule has 0 rings (SSSR count). The lowest BCUT2D eigenvalue weighted by Crippen LogP contribution is -2.37. The minimum Gasteiger partial charge on any atom is -0.756 e. The van der Waals surface area contributed by atoms with Crippen molar-refractivity contribution in [2.24, 2.45) is 0 Å². The molecule has 0 fully saturated rings. The van der Waals surface area contributed by atoms with Gasteiger partial charge in [0.2, 0.25) is 0 Å². The number of phosphoric ester groups is 1. The molecular formula is C27H54NO8P. The topological polar surface area (TPSA) is 111 Å². The summed E-state index contributed by atoms with van der Waals surface area (Å²) in [5.74, 6) is -1.02. The molecule has 0 N–H and O–H groups in total. The van der Waals surface area contributed by atoms with Gasteiger partial charge in [-0.3, -0.25) is 14.2 Å². The molecule has 0 saturated heterocycles. The van der Waals surface area contributed by atoms with Crippen LogP contribution in [0.3, 0.4) is 0 Å². The molecular weight excluding hydrogens is 497 g/mol. The smallest absolute Gasteiger partial charge is 0.305 e. The van der Waals surface area contributed by atoms with Crippen LogP contribution in [0.15, 0.2) is 0 Å². The SMILES string of the molecule is CCCCCCCCCCCCCCCCC(=O)OC[C@H](COP(=O)([O-])OCC[N+](C)(C)C)OC(C)=O. The van der Waals surface area contributed by atoms with E-state index in [1.165, 1.54) is 77.6 Å². The molecule has 9 nitrogen and oxygen atoms in total. The minimum absolute atomic E-state index is 0.0311. The van der Waals surface area contributed by atoms with Crippen molar-refractivity contribution < 1.29 is 42.1 Å². The summed E-state index contributed by atoms with van der Waals surface area (Å²) in [7, 11) is 1.16. The van der Waals surface area contributed by atoms with E-state index in [9.17, 15) is 19.0 Å². The Bertz CT molecular complexity index is 638. The number of quaternary nitrogens is 1. The Morgan fingerprint density at radius 3 is 1.73 bits per heavy atom. The van der Waals surface area contributed by atoms with Gasteiger partial charge in [0.15, 0.2) is 6.10 Å². The number of likely N-dealkylation sites (N-methyl/N-ethyl adjacent to an activating group) is 1. The number of hydrogen-bond acceptors (Lipinski definition) is 8. The molecule has 0 aromatic carbocycles. The van der Waals surface area contributed by atoms with Crippen LogP contribution < -0.4 is 4.89 Å². The van der Waals surface area contributed by atoms with E-state index in [4.69, 9.17) is 18.5 Å². The lowest BCUT2D eigenvalue weighted by atomic mass is 10.0. The summed E-state index contributed by atoms with van der Waals surface area (Å²) in [6.07, 6.45) is 16.6. The third-order valence-corrected chi connectivity index (χ3v) is 6.89. The highest BCUT2D eigenvalue weighted by molar-refractivity contribution is 7.45. The summed E-state index contributed by atoms with van der Waals surface area (Å²) >= 11 is 0. The zero-order valence-corrected chi connectivity index (χ0v) is 25.1. The molecule has 0 aliphatic rings. The Morgan fingerprint density at radius 1 is 0.784 bits per heavy atom. The van der Waals surface area contributed by atoms with Gasteiger partial charge >= 0.3 is 11.9 Å². The van der Waals surface area contributed by atoms with Crippen LogP contribution in [-0.4, -0.2) is 70.0 Å². The Labute approximate surface area is 225 Å². The van der Waals surface area contributed by atoms with Gasteiger partial charge in [-0.05, 0) is 6.42 Å². The van der Waals surface area contributed by atoms with E-state index >= 15 is 0 Å². The van der Waals surface area contributed by atoms with Gasteiger partial charge in [-0.15, -0.1) is 0 Å². The summed E-state index contributed by atoms with van der Waals surface area (Å²) in [6.45, 7) is 3.14. The first kappa shape index (κ1) is 36.0. The van der Waals surface area contributed by atoms with Crippen LogP contribution in [0.2, 0.25) is 0 Å². The molecule has 0 saturated carbocycles. The van der Waals surface area contributed by atoms with E-state index in [2.05, 4.69) is 6.92 Å². The standard InChI is InChI=1S/C27H54NO8P/c1-6-7-8-9-10-11-12-13-14-15-16-17-18-19-20-27(30)33-23-26(36-25(2)29)24-35-37(31,32)34-22-21-28(3,4)5/h26H,6-24H2,1-5H3/t26-/m1/s1. The minimum atomic E-state index is -4.56. The summed E-state index contributed by atoms with van der Waals surface area (Å²) in [5, 5.41) is 0. The molecule has 0 bridgehead atoms. The molecule has 37 heavy (non-hydrogen) atoms. The summed E-state index contributed by atoms with van der Waals surface area (Å²) in [4.78, 5) is 35.3. The van der Waals surface area contributed by atoms with E-state index in [0.29, 0.717) is 11.0 Å². The van der Waals surface area contributed by atoms with E-state index in [1.54, 1.807) is 0 Å². The predicted octanol–water partition coefficient (Wildman–Crippen LogP) is 5.54. The fourth-order valence-corrected chi connectivity index (χ4v) is 4.44. The maximum atomic E-state index is 12.0. The molecule has 0 aromatic heterocycles. The molecule has 0 heterocycles. The first-order chi connectivity index (χ1) is 17.4. The second-order valence-electron chi connectivity index (χ2n) is 10.9. The van der Waals surface area contributed by atoms with Gasteiger partial charge < -0.3 is 27.9 Å². The number of ether oxygens (including phenoxy) is 2. The fraction of sp³-hybridized carbons (Fsp3) is 0.926. The number of unbranched alkanes of at least 4 members (excludes halogenated alkanes) is 13. The molecule has 0 amide bonds. The molecule has 1 unspecified atom stereocenters. The number of nitrogens with zero attached hydrogens (tertiary/aromatic N) is 1. The van der Waals surface area contributed by atoms with Crippen LogP contribution in [0.5, 0.6) is 0 Å². The molecule has 10 heteroatoms. The van der Waals surface area contributed by atoms with Gasteiger partial charge in [0.05, 0.1) is 27.7 Å². The summed E-state index contributed by atoms with van der Waals surface area (Å²) in [5.41, 5.74) is 0. The molecule has 2 atom stereocenters. The van der Waals surface area contributed by atoms with Crippen molar-refractivity contribution in [1.82, 2.24) is 0 Å². The molecule has 0 radical (unpaired) electrons. The monoisotopic (exact) mass is 551 g/mol. The van der Waals surface area contributed by atoms with Gasteiger partial charge in [0.1, 0.15) is 19.8 Å². The first-order valence-electron chi connectivity index (χ1n) is 14.2. The number of carbonyl (C=O) groups excluding carboxylic acids is 2. The molecule has 0 aliphatic heterocycles. The van der Waals surface area contributed by atoms with Crippen LogP contribution >= 0.6 is 7.82 Å². The third kappa shape index (κ3) is 26.4. The average molecular weight is 552 g/mol. The van der Waals surface area contributed by atoms with Gasteiger partial charge in [0.25, 0.3) is 7.82 Å². The van der Waals surface area contributed by atoms with Crippen molar-refractivity contribution in [1.29, 1.82) is 0 Å². The van der Waals surface area contributed by atoms with Crippen LogP contribution in [0.25, 0.3) is 0 Å². The van der Waals surface area contributed by atoms with Crippen LogP contribution in [0.4, 0.5) is 0 Å². The Hall–Kier alpha value is -0.990. The average Bonchev–Trinajstić information content (AvgIpc) is 2.79. The second kappa shape index (κ2) is 21.9. The van der Waals surface area contributed by atoms with Crippen molar-refractivity contribution in [3.63, 3.8) is 0 Å². The quantitative estimate of drug-likeness (QED) is 0.0629. The van der Waals surface area contributed by atoms with E-state index in [1.807, 2.05) is 21.1 Å². The van der Waals surface area contributed by atoms with Crippen LogP contribution in [0.1, 0.15) is 110 Å². The lowest BCUT2D eigenvalue weighted by molar-refractivity contribution is -0.870. The van der Waals surface area contributed by atoms with E-state index in [0.717, 1.165) is 19.3 Å². The first-order valence-corrected chi connectivity index (χ1v) is 15.6. The lowest BCUT2D eigenvalue weighted by Gasteiger charge is -2.28. The maximum absolute atomic E-state index is 12.0. The van der Waals surface area contributed by atoms with Crippen molar-refractivity contribution in [2.75, 3.05) is 47.5 Å². The van der Waals surface area contributed by atoms with Gasteiger partial charge in [-0.25, -0.2) is 0 Å². The second-order valence-corrected chi connectivity index (χ2v) is 12.3. The van der Waals surface area contributed by atoms with Crippen molar-refractivity contribution in [3.05, 3.63) is 0 Å². The van der Waals surface area contributed by atoms with Gasteiger partial charge in [-0.1, -0.05) is 90.4 Å². The summed E-state index contributed by atoms with van der Waals surface area (Å²) < 4.78 is 32.3. The molecule has 220 valence electrons. The van der Waals surface area contributed by atoms with E-state index < -0.39 is 32.5 Å². The van der Waals surface area contributed by atoms with Crippen LogP contribution in [-0.2, 0) is 32.7 Å². The zero-order chi connectivity index (χ0) is 28.0. The molecule has 0 aliphatic carbocycles. The maximum Gasteiger partial charge on any atom is 0.305 e. The number of esters is 2. The molecule has 0 spiro atoms. The number of carbonyl (C=O) groups is 2. The zero-order valence-electron chi connectivity index (χ0n) is 24.2. The van der Waals surface area contributed by atoms with Crippen molar-refractivity contribution in [3.8, 4) is 0 Å². The predicted molar refractivity (Wildman–Crippen MR) is 144 cm³/mol. The van der Waals surface area contributed by atoms with E-state index in [-0.39, 0.29) is 19.6 Å². The largest absolute Gasteiger partial charge is 0.756 e. The third-order valence-electron chi connectivity index (χ3n) is 5.93. The number of hydrogen-bond donors (Lipinski definition) is 0. The Kier molecular flexibility index (Phi) is 21.3. The van der Waals surface area contributed by atoms with Gasteiger partial charge in [-0.2, -0.15) is 0 Å². The Balaban J connectivity index is 3.91. The highest BCUT2D eigenvalue weighted by Gasteiger charge is 2.20. The van der Waals surface area contributed by atoms with Crippen molar-refractivity contribution >= 4 is 19.8 Å². The fourth-order valence-electron chi connectivity index (χ4n) is 3.71. The van der Waals surface area contributed by atoms with Crippen molar-refractivity contribution in [2.45, 2.75) is 116 Å². The number of rotatable bonds is 25. The summed E-state index contributed by atoms with van der Waals surface area (Å²) in [6, 6.07) is 0. The normalized spacial score (nSPS) is 14.2. The number of phosphoric acid groups is 1. The highest BCUT2D eigenvalue weighted by Crippen LogP contribution is 2.38. The highest BCUT2D eigenvalue weighted by atomic mass is 31.2. The molecule has 0 aromatic rings. The van der Waals surface area contributed by atoms with Gasteiger partial charge in [0, 0.05) is 13.3 Å². The van der Waals surface area contributed by atoms with Crippen LogP contribution in [0, 0.1) is 0 Å². The Morgan fingerprint density at radius 2 is 1.27 bits per heavy atom.